The fraction of sp³-hybridized carbons (Fsp3) is 0.391. The number of aromatic nitrogens is 1. The van der Waals surface area contributed by atoms with Crippen LogP contribution in [0.3, 0.4) is 0 Å². The van der Waals surface area contributed by atoms with Gasteiger partial charge < -0.3 is 19.6 Å². The Hall–Kier alpha value is -3.38. The van der Waals surface area contributed by atoms with Crippen molar-refractivity contribution >= 4 is 39.5 Å². The largest absolute Gasteiger partial charge is 0.346 e. The second-order valence-electron chi connectivity index (χ2n) is 7.88. The van der Waals surface area contributed by atoms with E-state index in [1.807, 2.05) is 58.4 Å². The highest BCUT2D eigenvalue weighted by atomic mass is 32.1. The molecule has 166 valence electrons. The number of nitrogens with zero attached hydrogens (tertiary/aromatic N) is 6. The molecule has 0 bridgehead atoms. The molecule has 32 heavy (non-hydrogen) atoms. The molecular formula is C23H26N6O2S. The number of ketones is 1. The second-order valence-corrected chi connectivity index (χ2v) is 8.75. The first kappa shape index (κ1) is 21.8. The van der Waals surface area contributed by atoms with E-state index in [2.05, 4.69) is 16.0 Å². The Labute approximate surface area is 192 Å². The Morgan fingerprint density at radius 3 is 2.41 bits per heavy atom. The summed E-state index contributed by atoms with van der Waals surface area (Å²) in [4.78, 5) is 37.9. The van der Waals surface area contributed by atoms with Gasteiger partial charge in [0.05, 0.1) is 11.4 Å². The highest BCUT2D eigenvalue weighted by Gasteiger charge is 2.31. The van der Waals surface area contributed by atoms with Gasteiger partial charge in [0.2, 0.25) is 5.91 Å². The van der Waals surface area contributed by atoms with Gasteiger partial charge in [-0.3, -0.25) is 9.59 Å². The van der Waals surface area contributed by atoms with Crippen LogP contribution in [-0.4, -0.2) is 61.8 Å². The Bertz CT molecular complexity index is 1040. The Kier molecular flexibility index (Phi) is 6.42. The van der Waals surface area contributed by atoms with Gasteiger partial charge in [-0.25, -0.2) is 4.98 Å². The van der Waals surface area contributed by atoms with Crippen LogP contribution in [0.25, 0.3) is 0 Å². The summed E-state index contributed by atoms with van der Waals surface area (Å²) in [5.74, 6) is 0.208. The number of anilines is 3. The summed E-state index contributed by atoms with van der Waals surface area (Å²) in [5, 5.41) is 12.7. The van der Waals surface area contributed by atoms with Crippen LogP contribution in [0.2, 0.25) is 0 Å². The molecule has 4 rings (SSSR count). The minimum atomic E-state index is -0.304. The van der Waals surface area contributed by atoms with E-state index in [4.69, 9.17) is 0 Å². The average molecular weight is 451 g/mol. The molecule has 1 aromatic heterocycles. The third-order valence-corrected chi connectivity index (χ3v) is 6.79. The monoisotopic (exact) mass is 450 g/mol. The van der Waals surface area contributed by atoms with E-state index in [0.29, 0.717) is 18.9 Å². The predicted octanol–water partition coefficient (Wildman–Crippen LogP) is 2.85. The maximum absolute atomic E-state index is 12.9. The molecule has 0 spiro atoms. The first-order valence-electron chi connectivity index (χ1n) is 10.7. The van der Waals surface area contributed by atoms with Crippen LogP contribution in [0.1, 0.15) is 19.3 Å². The summed E-state index contributed by atoms with van der Waals surface area (Å²) in [5.41, 5.74) is 1.97. The van der Waals surface area contributed by atoms with Crippen molar-refractivity contribution in [3.63, 3.8) is 0 Å². The summed E-state index contributed by atoms with van der Waals surface area (Å²) in [7, 11) is 3.69. The maximum atomic E-state index is 12.9. The van der Waals surface area contributed by atoms with E-state index in [-0.39, 0.29) is 30.1 Å². The summed E-state index contributed by atoms with van der Waals surface area (Å²) in [6, 6.07) is 9.84. The lowest BCUT2D eigenvalue weighted by molar-refractivity contribution is -0.132. The van der Waals surface area contributed by atoms with Crippen molar-refractivity contribution < 1.29 is 9.59 Å². The topological polar surface area (TPSA) is 83.8 Å². The lowest BCUT2D eigenvalue weighted by Gasteiger charge is -2.22. The molecule has 1 saturated heterocycles. The molecular weight excluding hydrogens is 424 g/mol. The van der Waals surface area contributed by atoms with Gasteiger partial charge in [-0.1, -0.05) is 12.1 Å². The molecule has 0 radical (unpaired) electrons. The van der Waals surface area contributed by atoms with E-state index in [1.54, 1.807) is 17.5 Å². The van der Waals surface area contributed by atoms with Crippen LogP contribution in [0, 0.1) is 11.3 Å². The zero-order chi connectivity index (χ0) is 22.7. The molecule has 0 atom stereocenters. The van der Waals surface area contributed by atoms with Gasteiger partial charge in [0.15, 0.2) is 10.9 Å². The van der Waals surface area contributed by atoms with Crippen molar-refractivity contribution in [3.8, 4) is 6.07 Å². The summed E-state index contributed by atoms with van der Waals surface area (Å²) in [6.07, 6.45) is 2.78. The van der Waals surface area contributed by atoms with Crippen molar-refractivity contribution in [1.29, 1.82) is 5.26 Å². The zero-order valence-electron chi connectivity index (χ0n) is 18.3. The number of carbonyl (C=O) groups is 2. The number of carbonyl (C=O) groups excluding carboxylic acids is 2. The second kappa shape index (κ2) is 9.40. The average Bonchev–Trinajstić information content (AvgIpc) is 3.34. The van der Waals surface area contributed by atoms with Crippen molar-refractivity contribution in [2.45, 2.75) is 19.3 Å². The molecule has 2 aliphatic heterocycles. The molecule has 8 nitrogen and oxygen atoms in total. The van der Waals surface area contributed by atoms with Gasteiger partial charge in [-0.15, -0.1) is 11.3 Å². The number of hydrogen-bond donors (Lipinski definition) is 0. The van der Waals surface area contributed by atoms with Crippen LogP contribution >= 0.6 is 11.3 Å². The van der Waals surface area contributed by atoms with Gasteiger partial charge >= 0.3 is 0 Å². The number of para-hydroxylation sites is 2. The highest BCUT2D eigenvalue weighted by Crippen LogP contribution is 2.40. The molecule has 9 heteroatoms. The van der Waals surface area contributed by atoms with Crippen molar-refractivity contribution in [2.24, 2.45) is 0 Å². The minimum Gasteiger partial charge on any atom is -0.346 e. The number of thiazole rings is 1. The Balaban J connectivity index is 1.39. The lowest BCUT2D eigenvalue weighted by atomic mass is 10.1. The molecule has 0 unspecified atom stereocenters. The number of benzene rings is 1. The molecule has 1 fully saturated rings. The van der Waals surface area contributed by atoms with Gasteiger partial charge in [-0.05, 0) is 18.6 Å². The van der Waals surface area contributed by atoms with Crippen molar-refractivity contribution in [3.05, 3.63) is 47.2 Å². The number of allylic oxidation sites excluding steroid dienone is 1. The molecule has 3 heterocycles. The summed E-state index contributed by atoms with van der Waals surface area (Å²) >= 11 is 1.60. The number of Topliss-reactive ketones (excluding diaryl/α,β-unsaturated/α-hetero) is 1. The molecule has 2 aliphatic rings. The zero-order valence-corrected chi connectivity index (χ0v) is 19.1. The third-order valence-electron chi connectivity index (χ3n) is 5.96. The van der Waals surface area contributed by atoms with Crippen LogP contribution in [0.15, 0.2) is 47.2 Å². The normalized spacial score (nSPS) is 16.0. The fourth-order valence-corrected chi connectivity index (χ4v) is 4.99. The molecule has 1 amide bonds. The van der Waals surface area contributed by atoms with Crippen LogP contribution in [0.5, 0.6) is 0 Å². The third kappa shape index (κ3) is 4.18. The molecule has 2 aromatic rings. The van der Waals surface area contributed by atoms with Crippen LogP contribution in [0.4, 0.5) is 16.5 Å². The number of nitriles is 1. The van der Waals surface area contributed by atoms with E-state index >= 15 is 0 Å². The van der Waals surface area contributed by atoms with Gasteiger partial charge in [0.25, 0.3) is 0 Å². The quantitative estimate of drug-likeness (QED) is 0.512. The standard InChI is InChI=1S/C23H26N6O2S/c1-26-18-6-3-4-7-19(18)27(2)22(26)17(16-24)20(30)8-9-21(31)28-11-5-12-29(14-13-28)23-25-10-15-32-23/h3-4,6-7,10,15H,5,8-9,11-14H2,1-2H3. The van der Waals surface area contributed by atoms with Gasteiger partial charge in [0, 0.05) is 64.7 Å². The van der Waals surface area contributed by atoms with Crippen LogP contribution in [-0.2, 0) is 9.59 Å². The van der Waals surface area contributed by atoms with Gasteiger partial charge in [-0.2, -0.15) is 5.26 Å². The van der Waals surface area contributed by atoms with Crippen LogP contribution < -0.4 is 14.7 Å². The fourth-order valence-electron chi connectivity index (χ4n) is 4.29. The molecule has 1 aromatic carbocycles. The first-order valence-corrected chi connectivity index (χ1v) is 11.6. The van der Waals surface area contributed by atoms with E-state index in [1.165, 1.54) is 0 Å². The lowest BCUT2D eigenvalue weighted by Crippen LogP contribution is -2.35. The maximum Gasteiger partial charge on any atom is 0.223 e. The number of fused-ring (bicyclic) bond motifs is 1. The Morgan fingerprint density at radius 2 is 1.78 bits per heavy atom. The number of hydrogen-bond acceptors (Lipinski definition) is 8. The smallest absolute Gasteiger partial charge is 0.223 e. The summed E-state index contributed by atoms with van der Waals surface area (Å²) in [6.45, 7) is 2.87. The predicted molar refractivity (Wildman–Crippen MR) is 126 cm³/mol. The number of rotatable bonds is 5. The molecule has 0 N–H and O–H groups in total. The summed E-state index contributed by atoms with van der Waals surface area (Å²) < 4.78 is 0. The van der Waals surface area contributed by atoms with Crippen molar-refractivity contribution in [2.75, 3.05) is 55.0 Å². The minimum absolute atomic E-state index is 0.0238. The van der Waals surface area contributed by atoms with Crippen molar-refractivity contribution in [1.82, 2.24) is 9.88 Å². The highest BCUT2D eigenvalue weighted by molar-refractivity contribution is 7.13. The van der Waals surface area contributed by atoms with E-state index in [9.17, 15) is 14.9 Å². The SMILES string of the molecule is CN1C(=C(C#N)C(=O)CCC(=O)N2CCCN(c3nccs3)CC2)N(C)c2ccccc21. The Morgan fingerprint density at radius 1 is 1.06 bits per heavy atom. The molecule has 0 aliphatic carbocycles. The molecule has 0 saturated carbocycles. The van der Waals surface area contributed by atoms with E-state index in [0.717, 1.165) is 36.0 Å². The number of amides is 1. The first-order chi connectivity index (χ1) is 15.5. The van der Waals surface area contributed by atoms with E-state index < -0.39 is 0 Å². The van der Waals surface area contributed by atoms with Gasteiger partial charge in [0.1, 0.15) is 17.5 Å².